The van der Waals surface area contributed by atoms with Gasteiger partial charge in [-0.1, -0.05) is 84.9 Å². The van der Waals surface area contributed by atoms with Crippen molar-refractivity contribution in [3.8, 4) is 23.0 Å². The number of carbonyl (C=O) groups is 3. The second-order valence-corrected chi connectivity index (χ2v) is 11.0. The van der Waals surface area contributed by atoms with Gasteiger partial charge in [-0.2, -0.15) is 0 Å². The molecule has 0 aliphatic carbocycles. The van der Waals surface area contributed by atoms with Crippen molar-refractivity contribution in [1.82, 2.24) is 5.32 Å². The van der Waals surface area contributed by atoms with Gasteiger partial charge in [0.2, 0.25) is 0 Å². The second kappa shape index (κ2) is 15.5. The molecule has 9 heteroatoms. The minimum Gasteiger partial charge on any atom is -0.490 e. The summed E-state index contributed by atoms with van der Waals surface area (Å²) in [5, 5.41) is 2.27. The number of hydrogen-bond acceptors (Lipinski definition) is 7. The molecular weight excluding hydrogens is 620 g/mol. The first-order chi connectivity index (χ1) is 24.0. The summed E-state index contributed by atoms with van der Waals surface area (Å²) < 4.78 is 23.9. The first kappa shape index (κ1) is 32.6. The van der Waals surface area contributed by atoms with E-state index in [1.165, 1.54) is 6.08 Å². The molecule has 0 unspecified atom stereocenters. The molecule has 1 N–H and O–H groups in total. The summed E-state index contributed by atoms with van der Waals surface area (Å²) in [5.74, 6) is 0.680. The van der Waals surface area contributed by atoms with E-state index < -0.39 is 17.8 Å². The van der Waals surface area contributed by atoms with E-state index in [9.17, 15) is 14.4 Å². The van der Waals surface area contributed by atoms with Crippen LogP contribution in [0.15, 0.2) is 133 Å². The fourth-order valence-electron chi connectivity index (χ4n) is 5.14. The first-order valence-electron chi connectivity index (χ1n) is 15.8. The van der Waals surface area contributed by atoms with E-state index in [2.05, 4.69) is 5.32 Å². The van der Waals surface area contributed by atoms with Gasteiger partial charge < -0.3 is 18.9 Å². The molecule has 1 saturated heterocycles. The third-order valence-electron chi connectivity index (χ3n) is 7.60. The fourth-order valence-corrected chi connectivity index (χ4v) is 5.14. The summed E-state index contributed by atoms with van der Waals surface area (Å²) in [6, 6.07) is 37.9. The number of para-hydroxylation sites is 1. The number of amides is 4. The number of nitrogens with zero attached hydrogens (tertiary/aromatic N) is 1. The Hall–Kier alpha value is -6.35. The van der Waals surface area contributed by atoms with E-state index in [4.69, 9.17) is 18.9 Å². The zero-order chi connectivity index (χ0) is 34.0. The van der Waals surface area contributed by atoms with Gasteiger partial charge in [0, 0.05) is 5.56 Å². The Morgan fingerprint density at radius 2 is 1.20 bits per heavy atom. The van der Waals surface area contributed by atoms with Crippen molar-refractivity contribution in [2.24, 2.45) is 0 Å². The predicted octanol–water partition coefficient (Wildman–Crippen LogP) is 7.49. The molecule has 4 amide bonds. The maximum absolute atomic E-state index is 13.6. The van der Waals surface area contributed by atoms with E-state index in [0.717, 1.165) is 21.6 Å². The van der Waals surface area contributed by atoms with E-state index >= 15 is 0 Å². The fraction of sp³-hybridized carbons (Fsp3) is 0.125. The van der Waals surface area contributed by atoms with Crippen LogP contribution in [-0.4, -0.2) is 24.5 Å². The Kier molecular flexibility index (Phi) is 10.3. The summed E-state index contributed by atoms with van der Waals surface area (Å²) in [4.78, 5) is 40.2. The Morgan fingerprint density at radius 3 is 1.90 bits per heavy atom. The highest BCUT2D eigenvalue weighted by atomic mass is 16.5. The monoisotopic (exact) mass is 654 g/mol. The highest BCUT2D eigenvalue weighted by Crippen LogP contribution is 2.31. The number of benzene rings is 5. The molecule has 5 aromatic rings. The van der Waals surface area contributed by atoms with Crippen molar-refractivity contribution in [2.45, 2.75) is 26.7 Å². The number of hydrogen-bond donors (Lipinski definition) is 1. The molecule has 0 radical (unpaired) electrons. The topological polar surface area (TPSA) is 103 Å². The maximum atomic E-state index is 13.6. The SMILES string of the molecule is CCOc1cc(COc2ccccc2/C=C2/C(=O)NC(=O)N(c3ccc(OCc4ccccc4)cc3)C2=O)ccc1OCc1ccccc1. The van der Waals surface area contributed by atoms with Gasteiger partial charge in [0.1, 0.15) is 36.9 Å². The Morgan fingerprint density at radius 1 is 0.592 bits per heavy atom. The summed E-state index contributed by atoms with van der Waals surface area (Å²) in [5.41, 5.74) is 3.46. The summed E-state index contributed by atoms with van der Waals surface area (Å²) >= 11 is 0. The molecule has 1 aliphatic heterocycles. The van der Waals surface area contributed by atoms with Crippen molar-refractivity contribution in [3.63, 3.8) is 0 Å². The summed E-state index contributed by atoms with van der Waals surface area (Å²) in [6.07, 6.45) is 1.43. The second-order valence-electron chi connectivity index (χ2n) is 11.0. The van der Waals surface area contributed by atoms with E-state index in [1.54, 1.807) is 48.5 Å². The highest BCUT2D eigenvalue weighted by Gasteiger charge is 2.37. The molecule has 49 heavy (non-hydrogen) atoms. The van der Waals surface area contributed by atoms with Crippen molar-refractivity contribution in [3.05, 3.63) is 155 Å². The molecule has 1 fully saturated rings. The van der Waals surface area contributed by atoms with Crippen LogP contribution in [0.3, 0.4) is 0 Å². The van der Waals surface area contributed by atoms with Crippen LogP contribution in [0, 0.1) is 0 Å². The van der Waals surface area contributed by atoms with Crippen LogP contribution < -0.4 is 29.2 Å². The van der Waals surface area contributed by atoms with Crippen LogP contribution in [0.4, 0.5) is 10.5 Å². The summed E-state index contributed by atoms with van der Waals surface area (Å²) in [7, 11) is 0. The molecule has 5 aromatic carbocycles. The molecule has 0 saturated carbocycles. The quantitative estimate of drug-likeness (QED) is 0.104. The van der Waals surface area contributed by atoms with E-state index in [-0.39, 0.29) is 12.2 Å². The predicted molar refractivity (Wildman–Crippen MR) is 185 cm³/mol. The van der Waals surface area contributed by atoms with Crippen LogP contribution in [0.25, 0.3) is 6.08 Å². The zero-order valence-electron chi connectivity index (χ0n) is 26.8. The number of anilines is 1. The first-order valence-corrected chi connectivity index (χ1v) is 15.8. The highest BCUT2D eigenvalue weighted by molar-refractivity contribution is 6.39. The Labute approximate surface area is 284 Å². The number of ether oxygens (including phenoxy) is 4. The number of urea groups is 1. The van der Waals surface area contributed by atoms with Crippen molar-refractivity contribution in [1.29, 1.82) is 0 Å². The van der Waals surface area contributed by atoms with E-state index in [0.29, 0.717) is 54.1 Å². The molecule has 0 atom stereocenters. The van der Waals surface area contributed by atoms with Gasteiger partial charge in [-0.3, -0.25) is 14.9 Å². The molecule has 0 bridgehead atoms. The molecular formula is C40H34N2O7. The maximum Gasteiger partial charge on any atom is 0.335 e. The lowest BCUT2D eigenvalue weighted by atomic mass is 10.1. The van der Waals surface area contributed by atoms with Gasteiger partial charge >= 0.3 is 6.03 Å². The van der Waals surface area contributed by atoms with Crippen LogP contribution in [0.2, 0.25) is 0 Å². The number of rotatable bonds is 13. The van der Waals surface area contributed by atoms with Crippen LogP contribution in [0.1, 0.15) is 29.2 Å². The van der Waals surface area contributed by atoms with Crippen LogP contribution >= 0.6 is 0 Å². The number of nitrogens with one attached hydrogen (secondary N) is 1. The molecule has 0 aromatic heterocycles. The Bertz CT molecular complexity index is 1960. The van der Waals surface area contributed by atoms with Crippen molar-refractivity contribution < 1.29 is 33.3 Å². The standard InChI is InChI=1S/C40H34N2O7/c1-2-46-37-23-30(17-22-36(37)49-26-29-13-7-4-8-14-29)27-48-35-16-10-9-15-31(35)24-34-38(43)41-40(45)42(39(34)44)32-18-20-33(21-19-32)47-25-28-11-5-3-6-12-28/h3-24H,2,25-27H2,1H3,(H,41,43,45)/b34-24-. The van der Waals surface area contributed by atoms with Gasteiger partial charge in [-0.15, -0.1) is 0 Å². The van der Waals surface area contributed by atoms with Gasteiger partial charge in [-0.05, 0) is 72.2 Å². The van der Waals surface area contributed by atoms with E-state index in [1.807, 2.05) is 85.8 Å². The average Bonchev–Trinajstić information content (AvgIpc) is 3.13. The normalized spacial score (nSPS) is 13.6. The molecule has 246 valence electrons. The molecule has 9 nitrogen and oxygen atoms in total. The summed E-state index contributed by atoms with van der Waals surface area (Å²) in [6.45, 7) is 3.33. The molecule has 1 heterocycles. The molecule has 6 rings (SSSR count). The lowest BCUT2D eigenvalue weighted by molar-refractivity contribution is -0.122. The largest absolute Gasteiger partial charge is 0.490 e. The van der Waals surface area contributed by atoms with Gasteiger partial charge in [-0.25, -0.2) is 9.69 Å². The van der Waals surface area contributed by atoms with Gasteiger partial charge in [0.05, 0.1) is 12.3 Å². The Balaban J connectivity index is 1.15. The smallest absolute Gasteiger partial charge is 0.335 e. The molecule has 0 spiro atoms. The van der Waals surface area contributed by atoms with Gasteiger partial charge in [0.25, 0.3) is 11.8 Å². The number of imide groups is 2. The minimum atomic E-state index is -0.837. The van der Waals surface area contributed by atoms with Crippen LogP contribution in [0.5, 0.6) is 23.0 Å². The molecule has 1 aliphatic rings. The van der Waals surface area contributed by atoms with Crippen molar-refractivity contribution >= 4 is 29.6 Å². The third kappa shape index (κ3) is 8.15. The average molecular weight is 655 g/mol. The third-order valence-corrected chi connectivity index (χ3v) is 7.60. The van der Waals surface area contributed by atoms with Crippen LogP contribution in [-0.2, 0) is 29.4 Å². The zero-order valence-corrected chi connectivity index (χ0v) is 26.8. The van der Waals surface area contributed by atoms with Gasteiger partial charge in [0.15, 0.2) is 11.5 Å². The lowest BCUT2D eigenvalue weighted by Gasteiger charge is -2.26. The minimum absolute atomic E-state index is 0.183. The van der Waals surface area contributed by atoms with Crippen molar-refractivity contribution in [2.75, 3.05) is 11.5 Å². The number of carbonyl (C=O) groups excluding carboxylic acids is 3. The number of barbiturate groups is 1. The lowest BCUT2D eigenvalue weighted by Crippen LogP contribution is -2.54.